The average molecular weight is 354 g/mol. The second kappa shape index (κ2) is 6.94. The minimum atomic E-state index is -0.516. The van der Waals surface area contributed by atoms with E-state index >= 15 is 0 Å². The van der Waals surface area contributed by atoms with E-state index in [0.717, 1.165) is 30.7 Å². The molecule has 0 spiro atoms. The fourth-order valence-electron chi connectivity index (χ4n) is 3.72. The molecule has 2 fully saturated rings. The molecule has 2 aromatic heterocycles. The van der Waals surface area contributed by atoms with Crippen LogP contribution in [0.2, 0.25) is 0 Å². The van der Waals surface area contributed by atoms with Gasteiger partial charge in [0.05, 0.1) is 30.0 Å². The first kappa shape index (κ1) is 16.8. The fourth-order valence-corrected chi connectivity index (χ4v) is 3.72. The van der Waals surface area contributed by atoms with Crippen LogP contribution in [0.3, 0.4) is 0 Å². The van der Waals surface area contributed by atoms with Crippen molar-refractivity contribution in [3.05, 3.63) is 30.1 Å². The Labute approximate surface area is 151 Å². The van der Waals surface area contributed by atoms with Gasteiger partial charge in [-0.3, -0.25) is 4.79 Å². The van der Waals surface area contributed by atoms with Crippen molar-refractivity contribution in [3.8, 4) is 6.07 Å². The lowest BCUT2D eigenvalue weighted by atomic mass is 10.1. The smallest absolute Gasteiger partial charge is 0.251 e. The Morgan fingerprint density at radius 1 is 1.42 bits per heavy atom. The van der Waals surface area contributed by atoms with Gasteiger partial charge in [0.2, 0.25) is 0 Å². The molecule has 0 aliphatic carbocycles. The van der Waals surface area contributed by atoms with Crippen molar-refractivity contribution in [3.63, 3.8) is 0 Å². The molecule has 4 rings (SSSR count). The monoisotopic (exact) mass is 354 g/mol. The molecule has 3 atom stereocenters. The maximum Gasteiger partial charge on any atom is 0.251 e. The number of anilines is 1. The highest BCUT2D eigenvalue weighted by molar-refractivity contribution is 5.83. The normalized spacial score (nSPS) is 26.0. The number of rotatable bonds is 3. The van der Waals surface area contributed by atoms with Gasteiger partial charge in [-0.05, 0) is 38.1 Å². The zero-order chi connectivity index (χ0) is 18.1. The summed E-state index contributed by atoms with van der Waals surface area (Å²) in [6.07, 6.45) is 2.04. The van der Waals surface area contributed by atoms with Gasteiger partial charge in [0.1, 0.15) is 11.8 Å². The van der Waals surface area contributed by atoms with E-state index in [9.17, 15) is 10.1 Å². The second-order valence-electron chi connectivity index (χ2n) is 6.88. The number of carbonyl (C=O) groups is 1. The van der Waals surface area contributed by atoms with Crippen LogP contribution in [0.25, 0.3) is 5.52 Å². The number of hydrogen-bond acceptors (Lipinski definition) is 6. The van der Waals surface area contributed by atoms with Crippen LogP contribution in [-0.4, -0.2) is 60.0 Å². The van der Waals surface area contributed by atoms with Crippen LogP contribution in [-0.2, 0) is 9.53 Å². The summed E-state index contributed by atoms with van der Waals surface area (Å²) in [6, 6.07) is 7.89. The van der Waals surface area contributed by atoms with Crippen LogP contribution in [0, 0.1) is 11.3 Å². The SMILES string of the molecule is CC1CN(c2ccc(C#N)n3nccc23)CC(C(=O)NC2CCNC2)O1. The van der Waals surface area contributed by atoms with Crippen LogP contribution in [0.4, 0.5) is 5.69 Å². The van der Waals surface area contributed by atoms with Crippen LogP contribution >= 0.6 is 0 Å². The van der Waals surface area contributed by atoms with Crippen LogP contribution in [0.15, 0.2) is 24.4 Å². The van der Waals surface area contributed by atoms with Crippen LogP contribution in [0.5, 0.6) is 0 Å². The third-order valence-electron chi connectivity index (χ3n) is 4.95. The van der Waals surface area contributed by atoms with E-state index in [1.165, 1.54) is 0 Å². The molecule has 0 saturated carbocycles. The summed E-state index contributed by atoms with van der Waals surface area (Å²) in [5.41, 5.74) is 2.30. The van der Waals surface area contributed by atoms with E-state index in [2.05, 4.69) is 26.7 Å². The summed E-state index contributed by atoms with van der Waals surface area (Å²) in [4.78, 5) is 14.8. The maximum absolute atomic E-state index is 12.6. The van der Waals surface area contributed by atoms with Gasteiger partial charge in [-0.1, -0.05) is 0 Å². The highest BCUT2D eigenvalue weighted by atomic mass is 16.5. The summed E-state index contributed by atoms with van der Waals surface area (Å²) in [5, 5.41) is 19.8. The molecule has 8 heteroatoms. The highest BCUT2D eigenvalue weighted by Gasteiger charge is 2.32. The Balaban J connectivity index is 1.56. The number of pyridine rings is 1. The molecule has 2 saturated heterocycles. The molecular formula is C18H22N6O2. The third kappa shape index (κ3) is 3.11. The summed E-state index contributed by atoms with van der Waals surface area (Å²) in [6.45, 7) is 4.87. The van der Waals surface area contributed by atoms with E-state index in [-0.39, 0.29) is 18.1 Å². The Morgan fingerprint density at radius 2 is 2.31 bits per heavy atom. The molecule has 26 heavy (non-hydrogen) atoms. The van der Waals surface area contributed by atoms with Gasteiger partial charge in [-0.25, -0.2) is 4.52 Å². The molecule has 0 aromatic carbocycles. The predicted octanol–water partition coefficient (Wildman–Crippen LogP) is 0.278. The zero-order valence-electron chi connectivity index (χ0n) is 14.7. The van der Waals surface area contributed by atoms with Gasteiger partial charge in [-0.15, -0.1) is 0 Å². The van der Waals surface area contributed by atoms with Crippen molar-refractivity contribution in [1.82, 2.24) is 20.2 Å². The van der Waals surface area contributed by atoms with E-state index in [0.29, 0.717) is 18.8 Å². The molecule has 2 N–H and O–H groups in total. The molecule has 3 unspecified atom stereocenters. The van der Waals surface area contributed by atoms with Crippen LogP contribution < -0.4 is 15.5 Å². The molecular weight excluding hydrogens is 332 g/mol. The number of amides is 1. The number of nitrogens with one attached hydrogen (secondary N) is 2. The Kier molecular flexibility index (Phi) is 4.49. The molecule has 2 aliphatic heterocycles. The first-order chi connectivity index (χ1) is 12.7. The standard InChI is InChI=1S/C18H22N6O2/c1-12-10-23(11-17(26-12)18(25)22-13-4-6-20-9-13)15-3-2-14(8-19)24-16(15)5-7-21-24/h2-3,5,7,12-13,17,20H,4,6,9-11H2,1H3,(H,22,25). The molecule has 2 aromatic rings. The average Bonchev–Trinajstić information content (AvgIpc) is 3.32. The molecule has 8 nitrogen and oxygen atoms in total. The van der Waals surface area contributed by atoms with Gasteiger partial charge in [-0.2, -0.15) is 10.4 Å². The predicted molar refractivity (Wildman–Crippen MR) is 95.9 cm³/mol. The van der Waals surface area contributed by atoms with Crippen molar-refractivity contribution in [2.45, 2.75) is 31.6 Å². The van der Waals surface area contributed by atoms with E-state index < -0.39 is 6.10 Å². The summed E-state index contributed by atoms with van der Waals surface area (Å²) < 4.78 is 7.53. The number of nitrogens with zero attached hydrogens (tertiary/aromatic N) is 4. The molecule has 4 heterocycles. The van der Waals surface area contributed by atoms with Crippen molar-refractivity contribution < 1.29 is 9.53 Å². The lowest BCUT2D eigenvalue weighted by Crippen LogP contribution is -2.54. The number of nitriles is 1. The minimum Gasteiger partial charge on any atom is -0.364 e. The summed E-state index contributed by atoms with van der Waals surface area (Å²) >= 11 is 0. The van der Waals surface area contributed by atoms with Crippen molar-refractivity contribution in [2.75, 3.05) is 31.1 Å². The lowest BCUT2D eigenvalue weighted by Gasteiger charge is -2.38. The molecule has 2 aliphatic rings. The van der Waals surface area contributed by atoms with Gasteiger partial charge in [0, 0.05) is 19.1 Å². The van der Waals surface area contributed by atoms with E-state index in [1.807, 2.05) is 19.1 Å². The molecule has 136 valence electrons. The first-order valence-corrected chi connectivity index (χ1v) is 8.94. The Morgan fingerprint density at radius 3 is 3.08 bits per heavy atom. The fraction of sp³-hybridized carbons (Fsp3) is 0.500. The summed E-state index contributed by atoms with van der Waals surface area (Å²) in [5.74, 6) is -0.0616. The number of hydrogen-bond donors (Lipinski definition) is 2. The third-order valence-corrected chi connectivity index (χ3v) is 4.95. The quantitative estimate of drug-likeness (QED) is 0.822. The largest absolute Gasteiger partial charge is 0.364 e. The highest BCUT2D eigenvalue weighted by Crippen LogP contribution is 2.26. The van der Waals surface area contributed by atoms with Gasteiger partial charge in [0.15, 0.2) is 6.10 Å². The lowest BCUT2D eigenvalue weighted by molar-refractivity contribution is -0.137. The molecule has 0 radical (unpaired) electrons. The number of carbonyl (C=O) groups excluding carboxylic acids is 1. The molecule has 1 amide bonds. The van der Waals surface area contributed by atoms with Gasteiger partial charge >= 0.3 is 0 Å². The maximum atomic E-state index is 12.6. The first-order valence-electron chi connectivity index (χ1n) is 8.94. The molecule has 0 bridgehead atoms. The number of fused-ring (bicyclic) bond motifs is 1. The van der Waals surface area contributed by atoms with E-state index in [4.69, 9.17) is 4.74 Å². The number of aromatic nitrogens is 2. The zero-order valence-corrected chi connectivity index (χ0v) is 14.7. The number of morpholine rings is 1. The van der Waals surface area contributed by atoms with Crippen molar-refractivity contribution in [1.29, 1.82) is 5.26 Å². The minimum absolute atomic E-state index is 0.0616. The van der Waals surface area contributed by atoms with Gasteiger partial charge in [0.25, 0.3) is 5.91 Å². The van der Waals surface area contributed by atoms with Crippen molar-refractivity contribution >= 4 is 17.1 Å². The van der Waals surface area contributed by atoms with Crippen LogP contribution in [0.1, 0.15) is 19.0 Å². The van der Waals surface area contributed by atoms with E-state index in [1.54, 1.807) is 16.8 Å². The van der Waals surface area contributed by atoms with Gasteiger partial charge < -0.3 is 20.3 Å². The Hall–Kier alpha value is -2.63. The number of ether oxygens (including phenoxy) is 1. The second-order valence-corrected chi connectivity index (χ2v) is 6.88. The van der Waals surface area contributed by atoms with Crippen molar-refractivity contribution in [2.24, 2.45) is 0 Å². The Bertz CT molecular complexity index is 851. The summed E-state index contributed by atoms with van der Waals surface area (Å²) in [7, 11) is 0. The topological polar surface area (TPSA) is 94.7 Å².